The summed E-state index contributed by atoms with van der Waals surface area (Å²) in [6.45, 7) is 0.753. The summed E-state index contributed by atoms with van der Waals surface area (Å²) in [7, 11) is 0. The lowest BCUT2D eigenvalue weighted by atomic mass is 9.82. The Bertz CT molecular complexity index is 780. The van der Waals surface area contributed by atoms with Crippen molar-refractivity contribution in [1.29, 1.82) is 0 Å². The number of benzene rings is 2. The zero-order valence-corrected chi connectivity index (χ0v) is 13.3. The van der Waals surface area contributed by atoms with Crippen LogP contribution in [0.1, 0.15) is 29.9 Å². The maximum absolute atomic E-state index is 12.4. The van der Waals surface area contributed by atoms with Gasteiger partial charge in [0.2, 0.25) is 0 Å². The summed E-state index contributed by atoms with van der Waals surface area (Å²) < 4.78 is 5.64. The number of carbonyl (C=O) groups excluding carboxylic acids is 1. The van der Waals surface area contributed by atoms with Crippen LogP contribution in [0.4, 0.5) is 4.79 Å². The van der Waals surface area contributed by atoms with E-state index in [0.717, 1.165) is 0 Å². The van der Waals surface area contributed by atoms with E-state index in [0.29, 0.717) is 26.0 Å². The Kier molecular flexibility index (Phi) is 2.83. The largest absolute Gasteiger partial charge is 0.448 e. The van der Waals surface area contributed by atoms with Gasteiger partial charge in [0.1, 0.15) is 6.61 Å². The Balaban J connectivity index is 1.37. The fourth-order valence-corrected chi connectivity index (χ4v) is 4.50. The second kappa shape index (κ2) is 4.84. The first-order chi connectivity index (χ1) is 11.6. The number of fused-ring (bicyclic) bond motifs is 4. The Morgan fingerprint density at radius 3 is 2.21 bits per heavy atom. The highest BCUT2D eigenvalue weighted by Crippen LogP contribution is 2.46. The van der Waals surface area contributed by atoms with Gasteiger partial charge in [0.05, 0.1) is 12.1 Å². The van der Waals surface area contributed by atoms with Crippen molar-refractivity contribution in [3.05, 3.63) is 59.7 Å². The van der Waals surface area contributed by atoms with Crippen molar-refractivity contribution in [3.8, 4) is 11.1 Å². The lowest BCUT2D eigenvalue weighted by Crippen LogP contribution is -2.40. The Labute approximate surface area is 140 Å². The molecule has 2 bridgehead atoms. The second-order valence-corrected chi connectivity index (χ2v) is 7.22. The summed E-state index contributed by atoms with van der Waals surface area (Å²) >= 11 is 0. The van der Waals surface area contributed by atoms with Gasteiger partial charge < -0.3 is 14.7 Å². The van der Waals surface area contributed by atoms with Crippen molar-refractivity contribution in [2.45, 2.75) is 30.4 Å². The number of amides is 1. The molecule has 2 saturated heterocycles. The molecule has 4 heteroatoms. The van der Waals surface area contributed by atoms with E-state index in [9.17, 15) is 9.90 Å². The van der Waals surface area contributed by atoms with Crippen LogP contribution in [-0.4, -0.2) is 40.9 Å². The molecule has 6 rings (SSSR count). The number of ether oxygens (including phenoxy) is 1. The Hall–Kier alpha value is -2.33. The molecule has 0 unspecified atom stereocenters. The predicted molar refractivity (Wildman–Crippen MR) is 89.7 cm³/mol. The molecule has 2 aliphatic carbocycles. The van der Waals surface area contributed by atoms with Crippen molar-refractivity contribution in [1.82, 2.24) is 4.90 Å². The molecule has 1 N–H and O–H groups in total. The van der Waals surface area contributed by atoms with Gasteiger partial charge in [-0.1, -0.05) is 48.5 Å². The van der Waals surface area contributed by atoms with Gasteiger partial charge in [0.15, 0.2) is 0 Å². The van der Waals surface area contributed by atoms with E-state index in [1.807, 2.05) is 24.3 Å². The van der Waals surface area contributed by atoms with Crippen LogP contribution in [0.15, 0.2) is 48.5 Å². The van der Waals surface area contributed by atoms with E-state index in [2.05, 4.69) is 24.3 Å². The van der Waals surface area contributed by atoms with Crippen molar-refractivity contribution in [3.63, 3.8) is 0 Å². The van der Waals surface area contributed by atoms with E-state index in [-0.39, 0.29) is 18.1 Å². The summed E-state index contributed by atoms with van der Waals surface area (Å²) in [6.07, 6.45) is 1.09. The monoisotopic (exact) mass is 321 g/mol. The van der Waals surface area contributed by atoms with Crippen molar-refractivity contribution < 1.29 is 14.6 Å². The fraction of sp³-hybridized carbons (Fsp3) is 0.350. The van der Waals surface area contributed by atoms with Crippen molar-refractivity contribution >= 4 is 6.09 Å². The third-order valence-electron chi connectivity index (χ3n) is 5.71. The van der Waals surface area contributed by atoms with Gasteiger partial charge in [-0.25, -0.2) is 4.79 Å². The van der Waals surface area contributed by atoms with Crippen LogP contribution in [0.5, 0.6) is 0 Å². The molecular formula is C20H19NO3. The highest BCUT2D eigenvalue weighted by molar-refractivity contribution is 5.79. The van der Waals surface area contributed by atoms with Crippen LogP contribution in [0, 0.1) is 0 Å². The number of hydrogen-bond acceptors (Lipinski definition) is 3. The van der Waals surface area contributed by atoms with Crippen LogP contribution in [0.3, 0.4) is 0 Å². The first-order valence-electron chi connectivity index (χ1n) is 8.49. The van der Waals surface area contributed by atoms with E-state index in [1.165, 1.54) is 22.3 Å². The third-order valence-corrected chi connectivity index (χ3v) is 5.71. The molecule has 3 fully saturated rings. The molecule has 1 amide bonds. The van der Waals surface area contributed by atoms with Crippen LogP contribution in [-0.2, 0) is 4.74 Å². The SMILES string of the molecule is O=C(OCC1c2ccccc2-c2ccccc21)N1CC2(O)CC1C2. The summed E-state index contributed by atoms with van der Waals surface area (Å²) in [5.74, 6) is 0.0852. The molecule has 122 valence electrons. The molecule has 2 heterocycles. The van der Waals surface area contributed by atoms with E-state index in [4.69, 9.17) is 4.74 Å². The predicted octanol–water partition coefficient (Wildman–Crippen LogP) is 3.14. The normalized spacial score (nSPS) is 26.7. The van der Waals surface area contributed by atoms with Crippen LogP contribution in [0.2, 0.25) is 0 Å². The number of nitrogens with zero attached hydrogens (tertiary/aromatic N) is 1. The lowest BCUT2D eigenvalue weighted by molar-refractivity contribution is 0.00691. The fourth-order valence-electron chi connectivity index (χ4n) is 4.50. The molecule has 4 nitrogen and oxygen atoms in total. The average Bonchev–Trinajstić information content (AvgIpc) is 3.19. The van der Waals surface area contributed by atoms with Gasteiger partial charge in [-0.2, -0.15) is 0 Å². The molecule has 1 saturated carbocycles. The van der Waals surface area contributed by atoms with Crippen LogP contribution < -0.4 is 0 Å². The minimum absolute atomic E-state index is 0.0852. The molecule has 0 atom stereocenters. The second-order valence-electron chi connectivity index (χ2n) is 7.22. The summed E-state index contributed by atoms with van der Waals surface area (Å²) in [5.41, 5.74) is 4.24. The van der Waals surface area contributed by atoms with Gasteiger partial charge in [-0.05, 0) is 35.1 Å². The molecule has 0 aromatic heterocycles. The van der Waals surface area contributed by atoms with Crippen molar-refractivity contribution in [2.75, 3.05) is 13.2 Å². The molecule has 4 aliphatic rings. The van der Waals surface area contributed by atoms with Crippen molar-refractivity contribution in [2.24, 2.45) is 0 Å². The molecule has 0 radical (unpaired) electrons. The van der Waals surface area contributed by atoms with Crippen LogP contribution >= 0.6 is 0 Å². The van der Waals surface area contributed by atoms with Gasteiger partial charge in [0, 0.05) is 12.0 Å². The minimum Gasteiger partial charge on any atom is -0.448 e. The topological polar surface area (TPSA) is 49.8 Å². The zero-order chi connectivity index (χ0) is 16.3. The van der Waals surface area contributed by atoms with E-state index >= 15 is 0 Å². The maximum Gasteiger partial charge on any atom is 0.410 e. The third kappa shape index (κ3) is 1.93. The first-order valence-corrected chi connectivity index (χ1v) is 8.49. The standard InChI is InChI=1S/C20H19NO3/c22-19(21-12-20(23)9-13(21)10-20)24-11-18-16-7-3-1-5-14(16)15-6-2-4-8-17(15)18/h1-8,13,18,23H,9-12H2. The minimum atomic E-state index is -0.657. The highest BCUT2D eigenvalue weighted by Gasteiger charge is 2.56. The quantitative estimate of drug-likeness (QED) is 0.924. The maximum atomic E-state index is 12.4. The van der Waals surface area contributed by atoms with E-state index < -0.39 is 5.60 Å². The first kappa shape index (κ1) is 14.1. The molecule has 2 aromatic carbocycles. The number of rotatable bonds is 2. The lowest BCUT2D eigenvalue weighted by Gasteiger charge is -2.31. The summed E-state index contributed by atoms with van der Waals surface area (Å²) in [5, 5.41) is 10.1. The molecule has 0 spiro atoms. The molecule has 2 aromatic rings. The van der Waals surface area contributed by atoms with Gasteiger partial charge in [-0.3, -0.25) is 0 Å². The number of aliphatic hydroxyl groups is 1. The van der Waals surface area contributed by atoms with E-state index in [1.54, 1.807) is 4.90 Å². The smallest absolute Gasteiger partial charge is 0.410 e. The Morgan fingerprint density at radius 2 is 1.67 bits per heavy atom. The van der Waals surface area contributed by atoms with Gasteiger partial charge in [0.25, 0.3) is 0 Å². The number of hydrogen-bond donors (Lipinski definition) is 1. The highest BCUT2D eigenvalue weighted by atomic mass is 16.6. The van der Waals surface area contributed by atoms with Crippen LogP contribution in [0.25, 0.3) is 11.1 Å². The summed E-state index contributed by atoms with van der Waals surface area (Å²) in [4.78, 5) is 14.1. The van der Waals surface area contributed by atoms with Gasteiger partial charge >= 0.3 is 6.09 Å². The molecular weight excluding hydrogens is 302 g/mol. The summed E-state index contributed by atoms with van der Waals surface area (Å²) in [6, 6.07) is 16.8. The average molecular weight is 321 g/mol. The molecule has 24 heavy (non-hydrogen) atoms. The zero-order valence-electron chi connectivity index (χ0n) is 13.3. The number of carbonyl (C=O) groups is 1. The molecule has 2 aliphatic heterocycles. The van der Waals surface area contributed by atoms with Gasteiger partial charge in [-0.15, -0.1) is 0 Å². The Morgan fingerprint density at radius 1 is 1.08 bits per heavy atom.